The van der Waals surface area contributed by atoms with Crippen LogP contribution in [0.5, 0.6) is 0 Å². The van der Waals surface area contributed by atoms with Crippen molar-refractivity contribution in [2.75, 3.05) is 72.1 Å². The molecule has 2 amide bonds. The van der Waals surface area contributed by atoms with Crippen LogP contribution >= 0.6 is 0 Å². The summed E-state index contributed by atoms with van der Waals surface area (Å²) in [6.07, 6.45) is 4.53. The minimum atomic E-state index is -0.168. The van der Waals surface area contributed by atoms with E-state index in [9.17, 15) is 9.18 Å². The van der Waals surface area contributed by atoms with Crippen molar-refractivity contribution in [3.8, 4) is 0 Å². The Morgan fingerprint density at radius 2 is 1.94 bits per heavy atom. The summed E-state index contributed by atoms with van der Waals surface area (Å²) in [6, 6.07) is 7.05. The first-order chi connectivity index (χ1) is 16.2. The number of likely N-dealkylation sites (tertiary alicyclic amines) is 1. The van der Waals surface area contributed by atoms with E-state index in [1.807, 2.05) is 12.1 Å². The molecular formula is C25H40FN5O2. The normalized spacial score (nSPS) is 27.2. The Balaban J connectivity index is 1.21. The monoisotopic (exact) mass is 461 g/mol. The second-order valence-electron chi connectivity index (χ2n) is 9.81. The molecule has 3 aliphatic heterocycles. The maximum absolute atomic E-state index is 13.2. The number of hydrogen-bond donors (Lipinski definition) is 3. The molecule has 0 saturated carbocycles. The Labute approximate surface area is 197 Å². The van der Waals surface area contributed by atoms with E-state index in [1.54, 1.807) is 12.1 Å². The molecule has 0 bridgehead atoms. The van der Waals surface area contributed by atoms with Gasteiger partial charge in [-0.3, -0.25) is 4.90 Å². The van der Waals surface area contributed by atoms with Gasteiger partial charge in [-0.1, -0.05) is 12.1 Å². The average molecular weight is 462 g/mol. The van der Waals surface area contributed by atoms with Gasteiger partial charge in [-0.15, -0.1) is 0 Å². The van der Waals surface area contributed by atoms with Gasteiger partial charge in [-0.25, -0.2) is 9.18 Å². The molecule has 7 nitrogen and oxygen atoms in total. The van der Waals surface area contributed by atoms with E-state index in [0.29, 0.717) is 18.4 Å². The van der Waals surface area contributed by atoms with Crippen molar-refractivity contribution in [2.24, 2.45) is 11.8 Å². The molecule has 0 aromatic heterocycles. The first kappa shape index (κ1) is 24.4. The number of amides is 2. The van der Waals surface area contributed by atoms with Crippen LogP contribution in [-0.2, 0) is 11.2 Å². The zero-order valence-corrected chi connectivity index (χ0v) is 19.7. The summed E-state index contributed by atoms with van der Waals surface area (Å²) in [5, 5.41) is 9.72. The second-order valence-corrected chi connectivity index (χ2v) is 9.81. The number of piperidine rings is 2. The summed E-state index contributed by atoms with van der Waals surface area (Å²) < 4.78 is 18.6. The third-order valence-corrected chi connectivity index (χ3v) is 7.29. The Hall–Kier alpha value is -1.74. The minimum absolute atomic E-state index is 0.0604. The predicted molar refractivity (Wildman–Crippen MR) is 128 cm³/mol. The van der Waals surface area contributed by atoms with Crippen molar-refractivity contribution in [3.05, 3.63) is 35.6 Å². The molecule has 0 aliphatic carbocycles. The lowest BCUT2D eigenvalue weighted by molar-refractivity contribution is 0.0387. The minimum Gasteiger partial charge on any atom is -0.379 e. The standard InChI is InChI=1S/C25H40FN5O2/c26-23-5-3-20(4-6-23)16-21-2-1-10-31(18-21)19-22-7-8-27-17-24(22)29-25(32)28-9-11-30-12-14-33-15-13-30/h3-6,21-22,24,27H,1-2,7-19H2,(H2,28,29,32)/t21?,22-,24-/m0/s1. The quantitative estimate of drug-likeness (QED) is 0.550. The summed E-state index contributed by atoms with van der Waals surface area (Å²) >= 11 is 0. The van der Waals surface area contributed by atoms with Crippen LogP contribution < -0.4 is 16.0 Å². The fraction of sp³-hybridized carbons (Fsp3) is 0.720. The van der Waals surface area contributed by atoms with E-state index >= 15 is 0 Å². The summed E-state index contributed by atoms with van der Waals surface area (Å²) in [5.74, 6) is 0.903. The van der Waals surface area contributed by atoms with Gasteiger partial charge >= 0.3 is 6.03 Å². The number of nitrogens with zero attached hydrogens (tertiary/aromatic N) is 2. The highest BCUT2D eigenvalue weighted by atomic mass is 19.1. The number of halogens is 1. The largest absolute Gasteiger partial charge is 0.379 e. The molecule has 3 heterocycles. The number of benzene rings is 1. The molecule has 1 aromatic carbocycles. The third kappa shape index (κ3) is 7.91. The summed E-state index contributed by atoms with van der Waals surface area (Å²) in [4.78, 5) is 17.4. The molecule has 4 rings (SSSR count). The van der Waals surface area contributed by atoms with Crippen molar-refractivity contribution >= 4 is 6.03 Å². The van der Waals surface area contributed by atoms with Gasteiger partial charge in [0, 0.05) is 51.9 Å². The van der Waals surface area contributed by atoms with Gasteiger partial charge in [0.1, 0.15) is 5.82 Å². The Kier molecular flexibility index (Phi) is 9.35. The molecule has 0 spiro atoms. The molecule has 3 fully saturated rings. The van der Waals surface area contributed by atoms with Crippen molar-refractivity contribution in [1.29, 1.82) is 0 Å². The van der Waals surface area contributed by atoms with Crippen molar-refractivity contribution < 1.29 is 13.9 Å². The van der Waals surface area contributed by atoms with Crippen LogP contribution in [0.15, 0.2) is 24.3 Å². The van der Waals surface area contributed by atoms with Crippen LogP contribution in [0.4, 0.5) is 9.18 Å². The van der Waals surface area contributed by atoms with E-state index in [2.05, 4.69) is 25.8 Å². The molecular weight excluding hydrogens is 421 g/mol. The first-order valence-corrected chi connectivity index (χ1v) is 12.7. The first-order valence-electron chi connectivity index (χ1n) is 12.7. The molecule has 3 N–H and O–H groups in total. The average Bonchev–Trinajstić information content (AvgIpc) is 2.83. The maximum atomic E-state index is 13.2. The highest BCUT2D eigenvalue weighted by molar-refractivity contribution is 5.74. The highest BCUT2D eigenvalue weighted by Crippen LogP contribution is 2.24. The topological polar surface area (TPSA) is 68.9 Å². The second kappa shape index (κ2) is 12.6. The number of morpholine rings is 1. The summed E-state index contributed by atoms with van der Waals surface area (Å²) in [5.41, 5.74) is 1.22. The van der Waals surface area contributed by atoms with Gasteiger partial charge in [-0.2, -0.15) is 0 Å². The van der Waals surface area contributed by atoms with Crippen LogP contribution in [0.1, 0.15) is 24.8 Å². The Morgan fingerprint density at radius 3 is 2.76 bits per heavy atom. The fourth-order valence-electron chi connectivity index (χ4n) is 5.44. The van der Waals surface area contributed by atoms with Crippen LogP contribution in [0, 0.1) is 17.7 Å². The molecule has 8 heteroatoms. The van der Waals surface area contributed by atoms with Gasteiger partial charge in [-0.05, 0) is 68.3 Å². The van der Waals surface area contributed by atoms with Crippen molar-refractivity contribution in [1.82, 2.24) is 25.8 Å². The SMILES string of the molecule is O=C(NCCN1CCOCC1)N[C@H]1CNCC[C@H]1CN1CCCC(Cc2ccc(F)cc2)C1. The van der Waals surface area contributed by atoms with Crippen LogP contribution in [0.2, 0.25) is 0 Å². The fourth-order valence-corrected chi connectivity index (χ4v) is 5.44. The molecule has 184 valence electrons. The zero-order chi connectivity index (χ0) is 22.9. The molecule has 3 aliphatic rings. The number of nitrogens with one attached hydrogen (secondary N) is 3. The lowest BCUT2D eigenvalue weighted by atomic mass is 9.88. The highest BCUT2D eigenvalue weighted by Gasteiger charge is 2.30. The lowest BCUT2D eigenvalue weighted by Gasteiger charge is -2.39. The molecule has 3 atom stereocenters. The number of carbonyl (C=O) groups is 1. The van der Waals surface area contributed by atoms with Gasteiger partial charge in [0.25, 0.3) is 0 Å². The van der Waals surface area contributed by atoms with E-state index in [-0.39, 0.29) is 17.9 Å². The van der Waals surface area contributed by atoms with Gasteiger partial charge in [0.05, 0.1) is 13.2 Å². The van der Waals surface area contributed by atoms with Crippen LogP contribution in [0.3, 0.4) is 0 Å². The van der Waals surface area contributed by atoms with E-state index in [4.69, 9.17) is 4.74 Å². The van der Waals surface area contributed by atoms with Crippen LogP contribution in [-0.4, -0.2) is 94.0 Å². The molecule has 1 aromatic rings. The maximum Gasteiger partial charge on any atom is 0.315 e. The zero-order valence-electron chi connectivity index (χ0n) is 19.7. The number of rotatable bonds is 8. The molecule has 1 unspecified atom stereocenters. The lowest BCUT2D eigenvalue weighted by Crippen LogP contribution is -2.56. The molecule has 3 saturated heterocycles. The summed E-state index contributed by atoms with van der Waals surface area (Å²) in [7, 11) is 0. The van der Waals surface area contributed by atoms with Gasteiger partial charge in [0.15, 0.2) is 0 Å². The molecule has 33 heavy (non-hydrogen) atoms. The number of urea groups is 1. The van der Waals surface area contributed by atoms with Crippen LogP contribution in [0.25, 0.3) is 0 Å². The van der Waals surface area contributed by atoms with E-state index < -0.39 is 0 Å². The predicted octanol–water partition coefficient (Wildman–Crippen LogP) is 1.69. The summed E-state index contributed by atoms with van der Waals surface area (Å²) in [6.45, 7) is 10.0. The van der Waals surface area contributed by atoms with Gasteiger partial charge in [0.2, 0.25) is 0 Å². The van der Waals surface area contributed by atoms with E-state index in [0.717, 1.165) is 78.4 Å². The number of ether oxygens (including phenoxy) is 1. The smallest absolute Gasteiger partial charge is 0.315 e. The number of hydrogen-bond acceptors (Lipinski definition) is 5. The molecule has 0 radical (unpaired) electrons. The van der Waals surface area contributed by atoms with E-state index in [1.165, 1.54) is 18.4 Å². The van der Waals surface area contributed by atoms with Crippen molar-refractivity contribution in [3.63, 3.8) is 0 Å². The Bertz CT molecular complexity index is 728. The number of carbonyl (C=O) groups excluding carboxylic acids is 1. The van der Waals surface area contributed by atoms with Crippen molar-refractivity contribution in [2.45, 2.75) is 31.7 Å². The van der Waals surface area contributed by atoms with Gasteiger partial charge < -0.3 is 25.6 Å². The Morgan fingerprint density at radius 1 is 1.12 bits per heavy atom. The third-order valence-electron chi connectivity index (χ3n) is 7.29.